The average molecular weight is 331 g/mol. The molecular formula is C18H21NO3S. The molecule has 23 heavy (non-hydrogen) atoms. The van der Waals surface area contributed by atoms with Gasteiger partial charge in [-0.05, 0) is 30.4 Å². The van der Waals surface area contributed by atoms with Crippen molar-refractivity contribution in [3.8, 4) is 16.2 Å². The van der Waals surface area contributed by atoms with E-state index in [0.29, 0.717) is 23.1 Å². The van der Waals surface area contributed by atoms with Gasteiger partial charge in [-0.2, -0.15) is 0 Å². The monoisotopic (exact) mass is 331 g/mol. The van der Waals surface area contributed by atoms with Crippen LogP contribution in [-0.4, -0.2) is 42.7 Å². The summed E-state index contributed by atoms with van der Waals surface area (Å²) in [7, 11) is 3.31. The number of aliphatic hydroxyl groups excluding tert-OH is 1. The molecule has 1 unspecified atom stereocenters. The van der Waals surface area contributed by atoms with Crippen LogP contribution in [-0.2, 0) is 0 Å². The van der Waals surface area contributed by atoms with E-state index in [4.69, 9.17) is 4.74 Å². The Kier molecular flexibility index (Phi) is 4.68. The minimum atomic E-state index is -0.427. The number of benzene rings is 1. The standard InChI is InChI=1S/C18H21NO3S/c1-19(11-14(20)12-8-9-12)18(21)17-15(22-2)10-16(23-17)13-6-4-3-5-7-13/h3-7,10,12,14,20H,8-9,11H2,1-2H3. The first kappa shape index (κ1) is 16.0. The molecule has 1 amide bonds. The van der Waals surface area contributed by atoms with Crippen LogP contribution in [0.4, 0.5) is 0 Å². The quantitative estimate of drug-likeness (QED) is 0.884. The van der Waals surface area contributed by atoms with Gasteiger partial charge in [0.1, 0.15) is 10.6 Å². The van der Waals surface area contributed by atoms with E-state index in [-0.39, 0.29) is 5.91 Å². The van der Waals surface area contributed by atoms with Gasteiger partial charge in [-0.15, -0.1) is 11.3 Å². The summed E-state index contributed by atoms with van der Waals surface area (Å²) >= 11 is 1.43. The van der Waals surface area contributed by atoms with Gasteiger partial charge < -0.3 is 14.7 Å². The molecule has 1 aliphatic rings. The zero-order chi connectivity index (χ0) is 16.4. The van der Waals surface area contributed by atoms with Crippen molar-refractivity contribution in [2.45, 2.75) is 18.9 Å². The second kappa shape index (κ2) is 6.72. The van der Waals surface area contributed by atoms with E-state index < -0.39 is 6.10 Å². The molecule has 1 aromatic heterocycles. The Bertz CT molecular complexity index is 679. The summed E-state index contributed by atoms with van der Waals surface area (Å²) in [4.78, 5) is 15.9. The van der Waals surface area contributed by atoms with Gasteiger partial charge in [0.05, 0.1) is 13.2 Å². The largest absolute Gasteiger partial charge is 0.495 e. The van der Waals surface area contributed by atoms with E-state index in [0.717, 1.165) is 23.3 Å². The second-order valence-electron chi connectivity index (χ2n) is 5.96. The molecule has 0 bridgehead atoms. The lowest BCUT2D eigenvalue weighted by Gasteiger charge is -2.20. The Morgan fingerprint density at radius 1 is 1.39 bits per heavy atom. The van der Waals surface area contributed by atoms with Crippen molar-refractivity contribution < 1.29 is 14.6 Å². The molecule has 122 valence electrons. The van der Waals surface area contributed by atoms with Gasteiger partial charge in [-0.3, -0.25) is 4.79 Å². The fourth-order valence-corrected chi connectivity index (χ4v) is 3.71. The zero-order valence-corrected chi connectivity index (χ0v) is 14.2. The molecule has 5 heteroatoms. The number of hydrogen-bond donors (Lipinski definition) is 1. The summed E-state index contributed by atoms with van der Waals surface area (Å²) in [6.07, 6.45) is 1.69. The van der Waals surface area contributed by atoms with Crippen LogP contribution in [0.15, 0.2) is 36.4 Å². The SMILES string of the molecule is COc1cc(-c2ccccc2)sc1C(=O)N(C)CC(O)C1CC1. The molecule has 4 nitrogen and oxygen atoms in total. The number of aliphatic hydroxyl groups is 1. The third-order valence-electron chi connectivity index (χ3n) is 4.14. The van der Waals surface area contributed by atoms with E-state index in [1.807, 2.05) is 36.4 Å². The van der Waals surface area contributed by atoms with Crippen LogP contribution in [0.3, 0.4) is 0 Å². The number of methoxy groups -OCH3 is 1. The molecule has 3 rings (SSSR count). The topological polar surface area (TPSA) is 49.8 Å². The molecular weight excluding hydrogens is 310 g/mol. The maximum Gasteiger partial charge on any atom is 0.267 e. The van der Waals surface area contributed by atoms with Gasteiger partial charge in [0.2, 0.25) is 0 Å². The molecule has 0 aliphatic heterocycles. The maximum atomic E-state index is 12.7. The number of likely N-dealkylation sites (N-methyl/N-ethyl adjacent to an activating group) is 1. The van der Waals surface area contributed by atoms with Gasteiger partial charge in [0, 0.05) is 18.5 Å². The van der Waals surface area contributed by atoms with Crippen LogP contribution in [0.25, 0.3) is 10.4 Å². The number of carbonyl (C=O) groups is 1. The molecule has 1 N–H and O–H groups in total. The van der Waals surface area contributed by atoms with Crippen molar-refractivity contribution in [2.75, 3.05) is 20.7 Å². The van der Waals surface area contributed by atoms with Gasteiger partial charge in [0.15, 0.2) is 0 Å². The fourth-order valence-electron chi connectivity index (χ4n) is 2.59. The summed E-state index contributed by atoms with van der Waals surface area (Å²) in [6.45, 7) is 0.366. The van der Waals surface area contributed by atoms with Crippen molar-refractivity contribution in [3.05, 3.63) is 41.3 Å². The molecule has 1 heterocycles. The number of amides is 1. The van der Waals surface area contributed by atoms with E-state index in [2.05, 4.69) is 0 Å². The first-order valence-corrected chi connectivity index (χ1v) is 8.58. The Hall–Kier alpha value is -1.85. The molecule has 1 aliphatic carbocycles. The normalized spacial score (nSPS) is 15.3. The predicted molar refractivity (Wildman–Crippen MR) is 92.0 cm³/mol. The van der Waals surface area contributed by atoms with Gasteiger partial charge in [-0.25, -0.2) is 0 Å². The molecule has 2 aromatic rings. The van der Waals surface area contributed by atoms with E-state index >= 15 is 0 Å². The molecule has 1 atom stereocenters. The number of ether oxygens (including phenoxy) is 1. The third-order valence-corrected chi connectivity index (χ3v) is 5.30. The average Bonchev–Trinajstić information content (AvgIpc) is 3.34. The van der Waals surface area contributed by atoms with E-state index in [9.17, 15) is 9.90 Å². The number of hydrogen-bond acceptors (Lipinski definition) is 4. The third kappa shape index (κ3) is 3.57. The second-order valence-corrected chi connectivity index (χ2v) is 7.02. The van der Waals surface area contributed by atoms with Crippen LogP contribution < -0.4 is 4.74 Å². The highest BCUT2D eigenvalue weighted by atomic mass is 32.1. The predicted octanol–water partition coefficient (Wildman–Crippen LogP) is 3.27. The van der Waals surface area contributed by atoms with Crippen molar-refractivity contribution in [2.24, 2.45) is 5.92 Å². The number of nitrogens with zero attached hydrogens (tertiary/aromatic N) is 1. The number of carbonyl (C=O) groups excluding carboxylic acids is 1. The van der Waals surface area contributed by atoms with Crippen molar-refractivity contribution in [1.82, 2.24) is 4.90 Å². The Balaban J connectivity index is 1.80. The molecule has 0 spiro atoms. The summed E-state index contributed by atoms with van der Waals surface area (Å²) < 4.78 is 5.38. The minimum absolute atomic E-state index is 0.103. The van der Waals surface area contributed by atoms with Crippen LogP contribution in [0.1, 0.15) is 22.5 Å². The van der Waals surface area contributed by atoms with Crippen molar-refractivity contribution in [1.29, 1.82) is 0 Å². The summed E-state index contributed by atoms with van der Waals surface area (Å²) in [5.74, 6) is 0.843. The molecule has 0 radical (unpaired) electrons. The van der Waals surface area contributed by atoms with Crippen molar-refractivity contribution in [3.63, 3.8) is 0 Å². The van der Waals surface area contributed by atoms with E-state index in [1.54, 1.807) is 19.1 Å². The highest BCUT2D eigenvalue weighted by Gasteiger charge is 2.32. The molecule has 0 saturated heterocycles. The Morgan fingerprint density at radius 2 is 2.09 bits per heavy atom. The molecule has 1 fully saturated rings. The summed E-state index contributed by atoms with van der Waals surface area (Å²) in [6, 6.07) is 11.8. The zero-order valence-electron chi connectivity index (χ0n) is 13.4. The highest BCUT2D eigenvalue weighted by Crippen LogP contribution is 2.37. The van der Waals surface area contributed by atoms with Crippen LogP contribution in [0.2, 0.25) is 0 Å². The van der Waals surface area contributed by atoms with Gasteiger partial charge >= 0.3 is 0 Å². The van der Waals surface area contributed by atoms with E-state index in [1.165, 1.54) is 11.3 Å². The smallest absolute Gasteiger partial charge is 0.267 e. The molecule has 1 aromatic carbocycles. The van der Waals surface area contributed by atoms with Gasteiger partial charge in [-0.1, -0.05) is 30.3 Å². The van der Waals surface area contributed by atoms with Crippen LogP contribution in [0.5, 0.6) is 5.75 Å². The van der Waals surface area contributed by atoms with Crippen LogP contribution in [0, 0.1) is 5.92 Å². The van der Waals surface area contributed by atoms with Gasteiger partial charge in [0.25, 0.3) is 5.91 Å². The lowest BCUT2D eigenvalue weighted by Crippen LogP contribution is -2.35. The fraction of sp³-hybridized carbons (Fsp3) is 0.389. The van der Waals surface area contributed by atoms with Crippen LogP contribution >= 0.6 is 11.3 Å². The Labute approximate surface area is 140 Å². The first-order valence-electron chi connectivity index (χ1n) is 7.77. The maximum absolute atomic E-state index is 12.7. The number of thiophene rings is 1. The molecule has 1 saturated carbocycles. The van der Waals surface area contributed by atoms with Crippen molar-refractivity contribution >= 4 is 17.2 Å². The minimum Gasteiger partial charge on any atom is -0.495 e. The lowest BCUT2D eigenvalue weighted by atomic mass is 10.2. The first-order chi connectivity index (χ1) is 11.1. The summed E-state index contributed by atoms with van der Waals surface area (Å²) in [5.41, 5.74) is 1.07. The Morgan fingerprint density at radius 3 is 2.70 bits per heavy atom. The highest BCUT2D eigenvalue weighted by molar-refractivity contribution is 7.17. The lowest BCUT2D eigenvalue weighted by molar-refractivity contribution is 0.0647. The summed E-state index contributed by atoms with van der Waals surface area (Å²) in [5, 5.41) is 10.0. The number of rotatable bonds is 6.